The maximum Gasteiger partial charge on any atom is 0.203 e. The highest BCUT2D eigenvalue weighted by atomic mass is 16.5. The minimum absolute atomic E-state index is 0.182. The summed E-state index contributed by atoms with van der Waals surface area (Å²) in [5.41, 5.74) is 0.907. The molecule has 1 N–H and O–H groups in total. The number of carbonyl (C=O) groups is 1. The molecule has 1 saturated heterocycles. The van der Waals surface area contributed by atoms with Crippen LogP contribution in [0.5, 0.6) is 34.5 Å². The van der Waals surface area contributed by atoms with Gasteiger partial charge in [0.05, 0.1) is 67.9 Å². The third-order valence-corrected chi connectivity index (χ3v) is 5.84. The lowest BCUT2D eigenvalue weighted by atomic mass is 9.82. The van der Waals surface area contributed by atoms with Crippen LogP contribution in [0.15, 0.2) is 24.3 Å². The smallest absolute Gasteiger partial charge is 0.203 e. The van der Waals surface area contributed by atoms with Gasteiger partial charge in [-0.1, -0.05) is 0 Å². The van der Waals surface area contributed by atoms with Gasteiger partial charge in [-0.05, 0) is 29.8 Å². The molecule has 0 saturated carbocycles. The number of ether oxygens (including phenoxy) is 7. The molecule has 1 aliphatic rings. The molecule has 2 aromatic rings. The Morgan fingerprint density at radius 1 is 0.788 bits per heavy atom. The molecule has 0 aromatic heterocycles. The molecule has 0 bridgehead atoms. The highest BCUT2D eigenvalue weighted by Crippen LogP contribution is 2.44. The third kappa shape index (κ3) is 4.65. The Kier molecular flexibility index (Phi) is 7.88. The number of rotatable bonds is 10. The number of aliphatic hydroxyl groups is 1. The fourth-order valence-electron chi connectivity index (χ4n) is 4.11. The second-order valence-corrected chi connectivity index (χ2v) is 7.49. The van der Waals surface area contributed by atoms with E-state index in [1.807, 2.05) is 0 Å². The SMILES string of the molecule is COc1cc(C(=O)C2COCC2C(O)c2cc(OC)c(OC)c(OC)c2)cc(OC)c1OC. The van der Waals surface area contributed by atoms with E-state index < -0.39 is 17.9 Å². The Labute approximate surface area is 193 Å². The van der Waals surface area contributed by atoms with E-state index in [2.05, 4.69) is 0 Å². The minimum atomic E-state index is -1.00. The number of ketones is 1. The average molecular weight is 462 g/mol. The number of Topliss-reactive ketones (excluding diaryl/α,β-unsaturated/α-hetero) is 1. The molecule has 2 aromatic carbocycles. The van der Waals surface area contributed by atoms with E-state index in [9.17, 15) is 9.90 Å². The number of hydrogen-bond donors (Lipinski definition) is 1. The predicted octanol–water partition coefficient (Wildman–Crippen LogP) is 2.92. The molecular formula is C24H30O9. The van der Waals surface area contributed by atoms with Crippen LogP contribution in [0.2, 0.25) is 0 Å². The molecule has 180 valence electrons. The standard InChI is InChI=1S/C24H30O9/c1-27-17-7-13(8-18(28-2)23(17)31-5)21(25)15-11-33-12-16(15)22(26)14-9-19(29-3)24(32-6)20(10-14)30-4/h7-10,15-16,21,25H,11-12H2,1-6H3. The van der Waals surface area contributed by atoms with Gasteiger partial charge in [0.2, 0.25) is 11.5 Å². The summed E-state index contributed by atoms with van der Waals surface area (Å²) in [4.78, 5) is 13.5. The third-order valence-electron chi connectivity index (χ3n) is 5.84. The minimum Gasteiger partial charge on any atom is -0.493 e. The fraction of sp³-hybridized carbons (Fsp3) is 0.458. The Bertz CT molecular complexity index is 938. The molecule has 3 unspecified atom stereocenters. The quantitative estimate of drug-likeness (QED) is 0.534. The molecule has 3 rings (SSSR count). The molecule has 9 heteroatoms. The highest BCUT2D eigenvalue weighted by molar-refractivity contribution is 5.99. The molecule has 33 heavy (non-hydrogen) atoms. The van der Waals surface area contributed by atoms with Gasteiger partial charge in [-0.2, -0.15) is 0 Å². The molecular weight excluding hydrogens is 432 g/mol. The zero-order valence-corrected chi connectivity index (χ0v) is 19.7. The molecule has 0 spiro atoms. The molecule has 1 aliphatic heterocycles. The van der Waals surface area contributed by atoms with E-state index in [-0.39, 0.29) is 19.0 Å². The maximum absolute atomic E-state index is 13.5. The van der Waals surface area contributed by atoms with Crippen LogP contribution in [0.4, 0.5) is 0 Å². The van der Waals surface area contributed by atoms with Crippen molar-refractivity contribution in [3.8, 4) is 34.5 Å². The van der Waals surface area contributed by atoms with Crippen LogP contribution in [-0.4, -0.2) is 66.8 Å². The first kappa shape index (κ1) is 24.5. The van der Waals surface area contributed by atoms with Gasteiger partial charge in [0.15, 0.2) is 28.8 Å². The van der Waals surface area contributed by atoms with Gasteiger partial charge in [-0.3, -0.25) is 4.79 Å². The van der Waals surface area contributed by atoms with Gasteiger partial charge in [0.1, 0.15) is 0 Å². The zero-order chi connectivity index (χ0) is 24.1. The van der Waals surface area contributed by atoms with E-state index in [4.69, 9.17) is 33.2 Å². The Hall–Kier alpha value is -3.17. The van der Waals surface area contributed by atoms with Crippen molar-refractivity contribution < 1.29 is 43.1 Å². The van der Waals surface area contributed by atoms with E-state index in [1.54, 1.807) is 24.3 Å². The summed E-state index contributed by atoms with van der Waals surface area (Å²) in [7, 11) is 8.98. The van der Waals surface area contributed by atoms with E-state index in [1.165, 1.54) is 42.7 Å². The number of carbonyl (C=O) groups excluding carboxylic acids is 1. The Morgan fingerprint density at radius 2 is 1.24 bits per heavy atom. The van der Waals surface area contributed by atoms with Crippen molar-refractivity contribution in [1.82, 2.24) is 0 Å². The van der Waals surface area contributed by atoms with Crippen molar-refractivity contribution in [2.75, 3.05) is 55.9 Å². The van der Waals surface area contributed by atoms with Crippen LogP contribution in [0, 0.1) is 11.8 Å². The summed E-state index contributed by atoms with van der Waals surface area (Å²) < 4.78 is 37.8. The first-order chi connectivity index (χ1) is 15.9. The number of hydrogen-bond acceptors (Lipinski definition) is 9. The maximum atomic E-state index is 13.5. The van der Waals surface area contributed by atoms with Gasteiger partial charge in [-0.25, -0.2) is 0 Å². The predicted molar refractivity (Wildman–Crippen MR) is 119 cm³/mol. The van der Waals surface area contributed by atoms with Crippen molar-refractivity contribution >= 4 is 5.78 Å². The lowest BCUT2D eigenvalue weighted by Crippen LogP contribution is -2.27. The summed E-state index contributed by atoms with van der Waals surface area (Å²) >= 11 is 0. The normalized spacial score (nSPS) is 18.4. The lowest BCUT2D eigenvalue weighted by molar-refractivity contribution is 0.0673. The van der Waals surface area contributed by atoms with Gasteiger partial charge < -0.3 is 38.3 Å². The van der Waals surface area contributed by atoms with Crippen molar-refractivity contribution in [3.63, 3.8) is 0 Å². The molecule has 3 atom stereocenters. The second-order valence-electron chi connectivity index (χ2n) is 7.49. The number of methoxy groups -OCH3 is 6. The highest BCUT2D eigenvalue weighted by Gasteiger charge is 2.40. The van der Waals surface area contributed by atoms with E-state index >= 15 is 0 Å². The monoisotopic (exact) mass is 462 g/mol. The first-order valence-electron chi connectivity index (χ1n) is 10.3. The lowest BCUT2D eigenvalue weighted by Gasteiger charge is -2.24. The van der Waals surface area contributed by atoms with E-state index in [0.29, 0.717) is 45.6 Å². The number of benzene rings is 2. The van der Waals surface area contributed by atoms with Crippen molar-refractivity contribution in [1.29, 1.82) is 0 Å². The summed E-state index contributed by atoms with van der Waals surface area (Å²) in [5.74, 6) is 1.14. The molecule has 0 aliphatic carbocycles. The van der Waals surface area contributed by atoms with E-state index in [0.717, 1.165) is 0 Å². The van der Waals surface area contributed by atoms with Crippen molar-refractivity contribution in [2.45, 2.75) is 6.10 Å². The largest absolute Gasteiger partial charge is 0.493 e. The van der Waals surface area contributed by atoms with Gasteiger partial charge >= 0.3 is 0 Å². The zero-order valence-electron chi connectivity index (χ0n) is 19.7. The second kappa shape index (κ2) is 10.6. The Balaban J connectivity index is 1.95. The van der Waals surface area contributed by atoms with Gasteiger partial charge in [0.25, 0.3) is 0 Å². The molecule has 0 radical (unpaired) electrons. The van der Waals surface area contributed by atoms with Crippen molar-refractivity contribution in [3.05, 3.63) is 35.4 Å². The summed E-state index contributed by atoms with van der Waals surface area (Å²) in [6.45, 7) is 0.403. The molecule has 1 heterocycles. The van der Waals surface area contributed by atoms with Gasteiger partial charge in [0, 0.05) is 11.5 Å². The number of aliphatic hydroxyl groups excluding tert-OH is 1. The molecule has 0 amide bonds. The molecule has 9 nitrogen and oxygen atoms in total. The van der Waals surface area contributed by atoms with Crippen LogP contribution in [0.1, 0.15) is 22.0 Å². The average Bonchev–Trinajstić information content (AvgIpc) is 3.35. The summed E-state index contributed by atoms with van der Waals surface area (Å²) in [5, 5.41) is 11.2. The van der Waals surface area contributed by atoms with Crippen LogP contribution in [0.25, 0.3) is 0 Å². The molecule has 1 fully saturated rings. The first-order valence-corrected chi connectivity index (χ1v) is 10.3. The van der Waals surface area contributed by atoms with Crippen LogP contribution in [0.3, 0.4) is 0 Å². The van der Waals surface area contributed by atoms with Gasteiger partial charge in [-0.15, -0.1) is 0 Å². The van der Waals surface area contributed by atoms with Crippen molar-refractivity contribution in [2.24, 2.45) is 11.8 Å². The van der Waals surface area contributed by atoms with Crippen LogP contribution in [-0.2, 0) is 4.74 Å². The Morgan fingerprint density at radius 3 is 1.67 bits per heavy atom. The summed E-state index contributed by atoms with van der Waals surface area (Å²) in [6.07, 6.45) is -1.00. The van der Waals surface area contributed by atoms with Crippen LogP contribution < -0.4 is 28.4 Å². The fourth-order valence-corrected chi connectivity index (χ4v) is 4.11. The summed E-state index contributed by atoms with van der Waals surface area (Å²) in [6, 6.07) is 6.55. The topological polar surface area (TPSA) is 102 Å². The van der Waals surface area contributed by atoms with Crippen LogP contribution >= 0.6 is 0 Å².